The van der Waals surface area contributed by atoms with Crippen molar-refractivity contribution in [2.24, 2.45) is 0 Å². The van der Waals surface area contributed by atoms with E-state index in [2.05, 4.69) is 48.6 Å². The first-order chi connectivity index (χ1) is 15.1. The first kappa shape index (κ1) is 20.2. The van der Waals surface area contributed by atoms with Crippen molar-refractivity contribution in [3.63, 3.8) is 0 Å². The zero-order valence-electron chi connectivity index (χ0n) is 18.0. The summed E-state index contributed by atoms with van der Waals surface area (Å²) in [5.74, 6) is 1.25. The van der Waals surface area contributed by atoms with Crippen LogP contribution in [0.3, 0.4) is 0 Å². The Labute approximate surface area is 188 Å². The Bertz CT molecular complexity index is 1130. The molecule has 0 heterocycles. The molecule has 3 aromatic rings. The van der Waals surface area contributed by atoms with Crippen molar-refractivity contribution in [2.45, 2.75) is 42.9 Å². The summed E-state index contributed by atoms with van der Waals surface area (Å²) in [6.45, 7) is 2.23. The van der Waals surface area contributed by atoms with Crippen LogP contribution in [0, 0.1) is 6.92 Å². The number of anilines is 1. The fraction of sp³-hybridized carbons (Fsp3) is 0.296. The summed E-state index contributed by atoms with van der Waals surface area (Å²) in [6, 6.07) is 20.9. The van der Waals surface area contributed by atoms with E-state index < -0.39 is 0 Å². The molecule has 3 aromatic carbocycles. The standard InChI is InChI=1S/C27H27NO2S/c1-18-5-3-6-19-13-15-27(25(18)19)16-14-20-7-4-8-23(26(20)27)28-24(29)17-31-22-11-9-21(30-2)10-12-22/h3-12H,13-17H2,1-2H3,(H,28,29)/t27-/m1/s1. The largest absolute Gasteiger partial charge is 0.497 e. The molecule has 1 spiro atoms. The fourth-order valence-electron chi connectivity index (χ4n) is 5.55. The number of hydrogen-bond acceptors (Lipinski definition) is 3. The normalized spacial score (nSPS) is 18.6. The van der Waals surface area contributed by atoms with Crippen LogP contribution in [0.1, 0.15) is 40.7 Å². The summed E-state index contributed by atoms with van der Waals surface area (Å²) in [5, 5.41) is 3.25. The van der Waals surface area contributed by atoms with E-state index in [1.807, 2.05) is 24.3 Å². The molecule has 0 unspecified atom stereocenters. The van der Waals surface area contributed by atoms with Crippen molar-refractivity contribution < 1.29 is 9.53 Å². The lowest BCUT2D eigenvalue weighted by molar-refractivity contribution is -0.113. The molecule has 2 aliphatic carbocycles. The number of thioether (sulfide) groups is 1. The second-order valence-electron chi connectivity index (χ2n) is 8.54. The van der Waals surface area contributed by atoms with Gasteiger partial charge in [0.1, 0.15) is 5.75 Å². The van der Waals surface area contributed by atoms with Crippen LogP contribution in [-0.2, 0) is 23.1 Å². The van der Waals surface area contributed by atoms with Crippen LogP contribution < -0.4 is 10.1 Å². The number of hydrogen-bond donors (Lipinski definition) is 1. The highest BCUT2D eigenvalue weighted by Gasteiger charge is 2.46. The van der Waals surface area contributed by atoms with Gasteiger partial charge in [-0.05, 0) is 90.8 Å². The molecular weight excluding hydrogens is 402 g/mol. The van der Waals surface area contributed by atoms with Crippen molar-refractivity contribution in [3.8, 4) is 5.75 Å². The van der Waals surface area contributed by atoms with Crippen molar-refractivity contribution in [3.05, 3.63) is 88.5 Å². The number of amides is 1. The Balaban J connectivity index is 1.39. The Morgan fingerprint density at radius 3 is 2.35 bits per heavy atom. The van der Waals surface area contributed by atoms with Crippen LogP contribution in [0.25, 0.3) is 0 Å². The number of rotatable bonds is 5. The molecule has 1 amide bonds. The van der Waals surface area contributed by atoms with E-state index >= 15 is 0 Å². The van der Waals surface area contributed by atoms with Crippen molar-refractivity contribution in [2.75, 3.05) is 18.2 Å². The third-order valence-corrected chi connectivity index (χ3v) is 7.82. The molecule has 0 saturated carbocycles. The first-order valence-electron chi connectivity index (χ1n) is 10.9. The highest BCUT2D eigenvalue weighted by molar-refractivity contribution is 8.00. The lowest BCUT2D eigenvalue weighted by Gasteiger charge is -2.30. The van der Waals surface area contributed by atoms with Gasteiger partial charge in [0.2, 0.25) is 5.91 Å². The highest BCUT2D eigenvalue weighted by Crippen LogP contribution is 2.55. The highest BCUT2D eigenvalue weighted by atomic mass is 32.2. The van der Waals surface area contributed by atoms with Gasteiger partial charge in [0, 0.05) is 16.0 Å². The van der Waals surface area contributed by atoms with E-state index in [9.17, 15) is 4.79 Å². The summed E-state index contributed by atoms with van der Waals surface area (Å²) >= 11 is 1.55. The van der Waals surface area contributed by atoms with Gasteiger partial charge in [-0.1, -0.05) is 30.3 Å². The molecular formula is C27H27NO2S. The molecule has 0 fully saturated rings. The van der Waals surface area contributed by atoms with Crippen molar-refractivity contribution >= 4 is 23.4 Å². The number of benzene rings is 3. The fourth-order valence-corrected chi connectivity index (χ4v) is 6.25. The summed E-state index contributed by atoms with van der Waals surface area (Å²) in [4.78, 5) is 13.9. The van der Waals surface area contributed by atoms with Crippen molar-refractivity contribution in [1.29, 1.82) is 0 Å². The molecule has 0 aromatic heterocycles. The quantitative estimate of drug-likeness (QED) is 0.512. The van der Waals surface area contributed by atoms with Gasteiger partial charge >= 0.3 is 0 Å². The topological polar surface area (TPSA) is 38.3 Å². The maximum Gasteiger partial charge on any atom is 0.234 e. The van der Waals surface area contributed by atoms with E-state index in [1.165, 1.54) is 27.8 Å². The number of carbonyl (C=O) groups is 1. The zero-order valence-corrected chi connectivity index (χ0v) is 18.9. The predicted octanol–water partition coefficient (Wildman–Crippen LogP) is 5.91. The van der Waals surface area contributed by atoms with Crippen LogP contribution in [-0.4, -0.2) is 18.8 Å². The maximum atomic E-state index is 12.9. The average molecular weight is 430 g/mol. The summed E-state index contributed by atoms with van der Waals surface area (Å²) in [7, 11) is 1.66. The third-order valence-electron chi connectivity index (χ3n) is 6.81. The summed E-state index contributed by atoms with van der Waals surface area (Å²) in [6.07, 6.45) is 4.46. The predicted molar refractivity (Wildman–Crippen MR) is 127 cm³/mol. The van der Waals surface area contributed by atoms with Gasteiger partial charge in [-0.3, -0.25) is 4.79 Å². The van der Waals surface area contributed by atoms with E-state index in [0.717, 1.165) is 42.0 Å². The maximum absolute atomic E-state index is 12.9. The van der Waals surface area contributed by atoms with E-state index in [-0.39, 0.29) is 11.3 Å². The number of methoxy groups -OCH3 is 1. The molecule has 5 rings (SSSR count). The Morgan fingerprint density at radius 2 is 1.65 bits per heavy atom. The Hall–Kier alpha value is -2.72. The second kappa shape index (κ2) is 8.08. The molecule has 0 saturated heterocycles. The molecule has 158 valence electrons. The lowest BCUT2D eigenvalue weighted by atomic mass is 9.74. The second-order valence-corrected chi connectivity index (χ2v) is 9.59. The summed E-state index contributed by atoms with van der Waals surface area (Å²) in [5.41, 5.74) is 8.13. The zero-order chi connectivity index (χ0) is 21.4. The van der Waals surface area contributed by atoms with E-state index in [4.69, 9.17) is 4.74 Å². The van der Waals surface area contributed by atoms with E-state index in [0.29, 0.717) is 5.75 Å². The number of aryl methyl sites for hydroxylation is 3. The molecule has 3 nitrogen and oxygen atoms in total. The molecule has 31 heavy (non-hydrogen) atoms. The monoisotopic (exact) mass is 429 g/mol. The number of carbonyl (C=O) groups excluding carboxylic acids is 1. The number of fused-ring (bicyclic) bond motifs is 4. The van der Waals surface area contributed by atoms with E-state index in [1.54, 1.807) is 18.9 Å². The number of ether oxygens (including phenoxy) is 1. The Kier molecular flexibility index (Phi) is 5.27. The van der Waals surface area contributed by atoms with Gasteiger partial charge in [0.25, 0.3) is 0 Å². The molecule has 1 N–H and O–H groups in total. The average Bonchev–Trinajstić information content (AvgIpc) is 3.36. The van der Waals surface area contributed by atoms with Gasteiger partial charge in [-0.25, -0.2) is 0 Å². The molecule has 4 heteroatoms. The number of nitrogens with one attached hydrogen (secondary N) is 1. The molecule has 0 bridgehead atoms. The Morgan fingerprint density at radius 1 is 0.968 bits per heavy atom. The smallest absolute Gasteiger partial charge is 0.234 e. The molecule has 0 aliphatic heterocycles. The summed E-state index contributed by atoms with van der Waals surface area (Å²) < 4.78 is 5.21. The first-order valence-corrected chi connectivity index (χ1v) is 11.9. The van der Waals surface area contributed by atoms with Crippen LogP contribution >= 0.6 is 11.8 Å². The minimum atomic E-state index is 0.0410. The van der Waals surface area contributed by atoms with Crippen LogP contribution in [0.15, 0.2) is 65.6 Å². The van der Waals surface area contributed by atoms with Gasteiger partial charge in [0.15, 0.2) is 0 Å². The molecule has 0 radical (unpaired) electrons. The molecule has 1 atom stereocenters. The molecule has 2 aliphatic rings. The lowest BCUT2D eigenvalue weighted by Crippen LogP contribution is -2.25. The van der Waals surface area contributed by atoms with Crippen LogP contribution in [0.2, 0.25) is 0 Å². The van der Waals surface area contributed by atoms with Gasteiger partial charge < -0.3 is 10.1 Å². The minimum absolute atomic E-state index is 0.0410. The minimum Gasteiger partial charge on any atom is -0.497 e. The van der Waals surface area contributed by atoms with Gasteiger partial charge in [0.05, 0.1) is 12.9 Å². The SMILES string of the molecule is COc1ccc(SCC(=O)Nc2cccc3c2[C@]2(CCc4cccc(C)c42)CC3)cc1. The van der Waals surface area contributed by atoms with Gasteiger partial charge in [-0.15, -0.1) is 11.8 Å². The van der Waals surface area contributed by atoms with Gasteiger partial charge in [-0.2, -0.15) is 0 Å². The van der Waals surface area contributed by atoms with Crippen LogP contribution in [0.4, 0.5) is 5.69 Å². The third kappa shape index (κ3) is 3.53. The van der Waals surface area contributed by atoms with Crippen LogP contribution in [0.5, 0.6) is 5.75 Å². The van der Waals surface area contributed by atoms with Crippen molar-refractivity contribution in [1.82, 2.24) is 0 Å².